The van der Waals surface area contributed by atoms with Gasteiger partial charge in [0, 0.05) is 0 Å². The fourth-order valence-electron chi connectivity index (χ4n) is 0.635. The molecule has 0 fully saturated rings. The minimum Gasteiger partial charge on any atom is -0.478 e. The van der Waals surface area contributed by atoms with Crippen LogP contribution in [0, 0.1) is 0 Å². The van der Waals surface area contributed by atoms with Crippen molar-refractivity contribution in [2.24, 2.45) is 0 Å². The Morgan fingerprint density at radius 3 is 2.27 bits per heavy atom. The predicted octanol–water partition coefficient (Wildman–Crippen LogP) is 2.04. The van der Waals surface area contributed by atoms with Gasteiger partial charge in [-0.05, 0) is 12.1 Å². The van der Waals surface area contributed by atoms with Crippen LogP contribution in [0.25, 0.3) is 0 Å². The van der Waals surface area contributed by atoms with E-state index in [0.717, 1.165) is 0 Å². The van der Waals surface area contributed by atoms with Gasteiger partial charge in [0.1, 0.15) is 0 Å². The molecule has 0 amide bonds. The molecular formula is C7H5ClHgO2+2. The molecule has 1 aromatic rings. The molecule has 0 atom stereocenters. The Balaban J connectivity index is 0.000001000. The van der Waals surface area contributed by atoms with Gasteiger partial charge in [-0.2, -0.15) is 0 Å². The van der Waals surface area contributed by atoms with Crippen LogP contribution in [0.4, 0.5) is 0 Å². The number of carboxylic acid groups (broad SMARTS) is 1. The molecule has 0 saturated carbocycles. The zero-order valence-electron chi connectivity index (χ0n) is 5.75. The van der Waals surface area contributed by atoms with E-state index in [1.165, 1.54) is 6.07 Å². The first kappa shape index (κ1) is 10.9. The van der Waals surface area contributed by atoms with Crippen molar-refractivity contribution in [3.05, 3.63) is 34.9 Å². The van der Waals surface area contributed by atoms with E-state index < -0.39 is 5.97 Å². The third-order valence-electron chi connectivity index (χ3n) is 1.10. The molecule has 52 valence electrons. The van der Waals surface area contributed by atoms with Gasteiger partial charge in [-0.1, -0.05) is 23.7 Å². The van der Waals surface area contributed by atoms with Crippen LogP contribution in [-0.2, 0) is 27.7 Å². The van der Waals surface area contributed by atoms with Gasteiger partial charge in [-0.25, -0.2) is 4.79 Å². The van der Waals surface area contributed by atoms with Crippen molar-refractivity contribution >= 4 is 17.6 Å². The number of halogens is 1. The second kappa shape index (κ2) is 4.72. The summed E-state index contributed by atoms with van der Waals surface area (Å²) in [6.07, 6.45) is 0. The molecular weight excluding hydrogens is 352 g/mol. The zero-order chi connectivity index (χ0) is 7.56. The summed E-state index contributed by atoms with van der Waals surface area (Å²) < 4.78 is 0. The summed E-state index contributed by atoms with van der Waals surface area (Å²) in [6.45, 7) is 0. The molecule has 0 aliphatic rings. The zero-order valence-corrected chi connectivity index (χ0v) is 12.0. The molecule has 0 aliphatic heterocycles. The van der Waals surface area contributed by atoms with Gasteiger partial charge in [0.05, 0.1) is 10.6 Å². The minimum atomic E-state index is -0.995. The first-order valence-electron chi connectivity index (χ1n) is 2.69. The molecule has 11 heavy (non-hydrogen) atoms. The number of hydrogen-bond donors (Lipinski definition) is 1. The Kier molecular flexibility index (Phi) is 4.69. The number of benzene rings is 1. The fraction of sp³-hybridized carbons (Fsp3) is 0. The Bertz CT molecular complexity index is 262. The molecule has 2 nitrogen and oxygen atoms in total. The van der Waals surface area contributed by atoms with Crippen LogP contribution in [0.1, 0.15) is 10.4 Å². The summed E-state index contributed by atoms with van der Waals surface area (Å²) in [5, 5.41) is 8.75. The standard InChI is InChI=1S/C7H5ClO2.Hg/c8-6-4-2-1-3-5(6)7(9)10;/h1-4H,(H,9,10);/q;+2. The van der Waals surface area contributed by atoms with Crippen LogP contribution in [-0.4, -0.2) is 11.1 Å². The van der Waals surface area contributed by atoms with Crippen molar-refractivity contribution < 1.29 is 37.6 Å². The molecule has 0 aromatic heterocycles. The van der Waals surface area contributed by atoms with E-state index in [9.17, 15) is 4.79 Å². The normalized spacial score (nSPS) is 8.45. The summed E-state index contributed by atoms with van der Waals surface area (Å²) in [4.78, 5) is 10.3. The van der Waals surface area contributed by atoms with Gasteiger partial charge in [0.2, 0.25) is 0 Å². The Hall–Kier alpha value is -0.0849. The number of carboxylic acids is 1. The topological polar surface area (TPSA) is 37.3 Å². The third kappa shape index (κ3) is 2.79. The van der Waals surface area contributed by atoms with E-state index >= 15 is 0 Å². The molecule has 1 aromatic carbocycles. The van der Waals surface area contributed by atoms with Gasteiger partial charge in [-0.15, -0.1) is 0 Å². The molecule has 0 bridgehead atoms. The first-order chi connectivity index (χ1) is 4.72. The summed E-state index contributed by atoms with van der Waals surface area (Å²) in [5.41, 5.74) is 0.143. The molecule has 0 unspecified atom stereocenters. The summed E-state index contributed by atoms with van der Waals surface area (Å²) in [5.74, 6) is -0.995. The van der Waals surface area contributed by atoms with Gasteiger partial charge in [-0.3, -0.25) is 0 Å². The van der Waals surface area contributed by atoms with E-state index in [0.29, 0.717) is 0 Å². The molecule has 0 saturated heterocycles. The van der Waals surface area contributed by atoms with Crippen molar-refractivity contribution in [1.82, 2.24) is 0 Å². The summed E-state index contributed by atoms with van der Waals surface area (Å²) in [6, 6.07) is 6.33. The third-order valence-corrected chi connectivity index (χ3v) is 1.43. The maximum Gasteiger partial charge on any atom is 2.00 e. The smallest absolute Gasteiger partial charge is 0.478 e. The van der Waals surface area contributed by atoms with E-state index in [-0.39, 0.29) is 38.3 Å². The van der Waals surface area contributed by atoms with Crippen molar-refractivity contribution in [2.75, 3.05) is 0 Å². The minimum absolute atomic E-state index is 0. The average Bonchev–Trinajstić information content (AvgIpc) is 1.88. The van der Waals surface area contributed by atoms with Crippen molar-refractivity contribution in [3.8, 4) is 0 Å². The van der Waals surface area contributed by atoms with E-state index in [1.807, 2.05) is 0 Å². The number of hydrogen-bond acceptors (Lipinski definition) is 1. The monoisotopic (exact) mass is 358 g/mol. The quantitative estimate of drug-likeness (QED) is 0.782. The molecule has 0 aliphatic carbocycles. The maximum atomic E-state index is 10.3. The molecule has 1 rings (SSSR count). The van der Waals surface area contributed by atoms with Gasteiger partial charge in [0.25, 0.3) is 0 Å². The number of rotatable bonds is 1. The Labute approximate surface area is 89.7 Å². The molecule has 0 spiro atoms. The summed E-state index contributed by atoms with van der Waals surface area (Å²) in [7, 11) is 0. The van der Waals surface area contributed by atoms with Crippen LogP contribution >= 0.6 is 11.6 Å². The van der Waals surface area contributed by atoms with E-state index in [4.69, 9.17) is 16.7 Å². The average molecular weight is 357 g/mol. The number of aromatic carboxylic acids is 1. The molecule has 1 N–H and O–H groups in total. The van der Waals surface area contributed by atoms with E-state index in [2.05, 4.69) is 0 Å². The fourth-order valence-corrected chi connectivity index (χ4v) is 0.851. The second-order valence-electron chi connectivity index (χ2n) is 1.78. The molecule has 0 radical (unpaired) electrons. The van der Waals surface area contributed by atoms with Crippen LogP contribution < -0.4 is 0 Å². The van der Waals surface area contributed by atoms with Crippen molar-refractivity contribution in [3.63, 3.8) is 0 Å². The Morgan fingerprint density at radius 1 is 1.36 bits per heavy atom. The van der Waals surface area contributed by atoms with Gasteiger partial charge < -0.3 is 5.11 Å². The van der Waals surface area contributed by atoms with Crippen LogP contribution in [0.2, 0.25) is 5.02 Å². The van der Waals surface area contributed by atoms with Crippen molar-refractivity contribution in [2.45, 2.75) is 0 Å². The summed E-state index contributed by atoms with van der Waals surface area (Å²) >= 11 is 5.54. The first-order valence-corrected chi connectivity index (χ1v) is 3.07. The second-order valence-corrected chi connectivity index (χ2v) is 2.19. The predicted molar refractivity (Wildman–Crippen MR) is 38.4 cm³/mol. The van der Waals surface area contributed by atoms with Crippen LogP contribution in [0.5, 0.6) is 0 Å². The molecule has 4 heteroatoms. The van der Waals surface area contributed by atoms with Gasteiger partial charge in [0.15, 0.2) is 0 Å². The van der Waals surface area contributed by atoms with Crippen LogP contribution in [0.3, 0.4) is 0 Å². The largest absolute Gasteiger partial charge is 2.00 e. The van der Waals surface area contributed by atoms with E-state index in [1.54, 1.807) is 18.2 Å². The number of carbonyl (C=O) groups is 1. The van der Waals surface area contributed by atoms with Crippen LogP contribution in [0.15, 0.2) is 24.3 Å². The van der Waals surface area contributed by atoms with Gasteiger partial charge >= 0.3 is 33.6 Å². The Morgan fingerprint density at radius 2 is 1.91 bits per heavy atom. The maximum absolute atomic E-state index is 10.3. The van der Waals surface area contributed by atoms with Crippen molar-refractivity contribution in [1.29, 1.82) is 0 Å². The SMILES string of the molecule is O=C(O)c1ccccc1Cl.[Hg+2]. The molecule has 0 heterocycles.